The standard InChI is InChI=1S/C27H22N2O2/c30-25-12-6-4-10-19(25)21-14-16-23(28-21)27(18-8-2-1-3-9-18)24-17-15-22(29-24)20-11-5-7-13-26(20)31/h1-17,19,25,28,30-31H/b27-24-. The monoisotopic (exact) mass is 406 g/mol. The number of phenolic OH excluding ortho intramolecular Hbond substituents is 1. The summed E-state index contributed by atoms with van der Waals surface area (Å²) in [5.74, 6) is 0.0990. The van der Waals surface area contributed by atoms with E-state index in [1.807, 2.05) is 72.8 Å². The molecular weight excluding hydrogens is 384 g/mol. The number of H-pyrrole nitrogens is 1. The summed E-state index contributed by atoms with van der Waals surface area (Å²) >= 11 is 0. The number of nitrogens with one attached hydrogen (secondary N) is 1. The zero-order chi connectivity index (χ0) is 21.2. The molecule has 3 N–H and O–H groups in total. The number of para-hydroxylation sites is 1. The van der Waals surface area contributed by atoms with Crippen molar-refractivity contribution in [1.29, 1.82) is 0 Å². The van der Waals surface area contributed by atoms with E-state index in [1.165, 1.54) is 0 Å². The summed E-state index contributed by atoms with van der Waals surface area (Å²) in [4.78, 5) is 8.34. The zero-order valence-electron chi connectivity index (χ0n) is 16.8. The van der Waals surface area contributed by atoms with E-state index in [-0.39, 0.29) is 11.7 Å². The highest BCUT2D eigenvalue weighted by Gasteiger charge is 2.22. The van der Waals surface area contributed by atoms with Gasteiger partial charge in [0, 0.05) is 28.4 Å². The average molecular weight is 406 g/mol. The molecule has 0 radical (unpaired) electrons. The van der Waals surface area contributed by atoms with Gasteiger partial charge in [-0.3, -0.25) is 0 Å². The Balaban J connectivity index is 1.60. The molecule has 0 spiro atoms. The van der Waals surface area contributed by atoms with E-state index in [2.05, 4.69) is 17.1 Å². The lowest BCUT2D eigenvalue weighted by Crippen LogP contribution is -2.16. The maximum absolute atomic E-state index is 10.4. The highest BCUT2D eigenvalue weighted by atomic mass is 16.3. The van der Waals surface area contributed by atoms with E-state index in [1.54, 1.807) is 18.2 Å². The number of aromatic hydroxyl groups is 1. The van der Waals surface area contributed by atoms with Crippen molar-refractivity contribution >= 4 is 11.3 Å². The Labute approximate surface area is 180 Å². The number of phenols is 1. The molecule has 5 rings (SSSR count). The molecule has 4 heteroatoms. The quantitative estimate of drug-likeness (QED) is 0.564. The van der Waals surface area contributed by atoms with Crippen LogP contribution in [0.5, 0.6) is 5.75 Å². The minimum Gasteiger partial charge on any atom is -0.507 e. The van der Waals surface area contributed by atoms with Crippen molar-refractivity contribution in [2.24, 2.45) is 4.99 Å². The summed E-state index contributed by atoms with van der Waals surface area (Å²) in [5.41, 5.74) is 6.13. The molecule has 0 bridgehead atoms. The van der Waals surface area contributed by atoms with Crippen LogP contribution in [0.2, 0.25) is 0 Å². The Bertz CT molecular complexity index is 1260. The molecule has 1 aromatic heterocycles. The average Bonchev–Trinajstić information content (AvgIpc) is 3.46. The molecule has 2 atom stereocenters. The highest BCUT2D eigenvalue weighted by Crippen LogP contribution is 2.33. The molecule has 0 saturated carbocycles. The fraction of sp³-hybridized carbons (Fsp3) is 0.0741. The number of aromatic nitrogens is 1. The molecule has 31 heavy (non-hydrogen) atoms. The molecule has 152 valence electrons. The number of nitrogens with zero attached hydrogens (tertiary/aromatic N) is 1. The molecule has 0 amide bonds. The van der Waals surface area contributed by atoms with E-state index < -0.39 is 6.10 Å². The molecule has 2 heterocycles. The number of hydrogen-bond donors (Lipinski definition) is 3. The molecule has 0 fully saturated rings. The number of aliphatic imine (C=N–C) groups is 1. The van der Waals surface area contributed by atoms with Crippen molar-refractivity contribution in [1.82, 2.24) is 4.98 Å². The summed E-state index contributed by atoms with van der Waals surface area (Å²) < 4.78 is 0. The zero-order valence-corrected chi connectivity index (χ0v) is 16.8. The highest BCUT2D eigenvalue weighted by molar-refractivity contribution is 6.13. The molecule has 2 aromatic carbocycles. The first-order valence-corrected chi connectivity index (χ1v) is 10.3. The number of allylic oxidation sites excluding steroid dienone is 4. The van der Waals surface area contributed by atoms with Crippen LogP contribution in [-0.2, 0) is 0 Å². The molecule has 4 nitrogen and oxygen atoms in total. The third-order valence-corrected chi connectivity index (χ3v) is 5.58. The van der Waals surface area contributed by atoms with Gasteiger partial charge in [-0.1, -0.05) is 66.8 Å². The van der Waals surface area contributed by atoms with Gasteiger partial charge in [-0.05, 0) is 42.0 Å². The number of aromatic amines is 1. The van der Waals surface area contributed by atoms with E-state index in [4.69, 9.17) is 4.99 Å². The fourth-order valence-corrected chi connectivity index (χ4v) is 4.02. The summed E-state index contributed by atoms with van der Waals surface area (Å²) in [6.07, 6.45) is 11.0. The summed E-state index contributed by atoms with van der Waals surface area (Å²) in [7, 11) is 0. The van der Waals surface area contributed by atoms with Gasteiger partial charge >= 0.3 is 0 Å². The van der Waals surface area contributed by atoms with Gasteiger partial charge in [-0.25, -0.2) is 4.99 Å². The molecular formula is C27H22N2O2. The van der Waals surface area contributed by atoms with Crippen LogP contribution in [0, 0.1) is 0 Å². The first kappa shape index (κ1) is 19.1. The Kier molecular flexibility index (Phi) is 4.98. The predicted octanol–water partition coefficient (Wildman–Crippen LogP) is 5.11. The van der Waals surface area contributed by atoms with Gasteiger partial charge in [-0.15, -0.1) is 0 Å². The number of rotatable bonds is 4. The molecule has 2 unspecified atom stereocenters. The summed E-state index contributed by atoms with van der Waals surface area (Å²) in [6, 6.07) is 21.4. The van der Waals surface area contributed by atoms with Crippen LogP contribution in [0.3, 0.4) is 0 Å². The Morgan fingerprint density at radius 1 is 0.839 bits per heavy atom. The third-order valence-electron chi connectivity index (χ3n) is 5.58. The lowest BCUT2D eigenvalue weighted by molar-refractivity contribution is 0.204. The van der Waals surface area contributed by atoms with Crippen molar-refractivity contribution < 1.29 is 10.2 Å². The van der Waals surface area contributed by atoms with Gasteiger partial charge in [0.2, 0.25) is 0 Å². The van der Waals surface area contributed by atoms with Crippen LogP contribution in [0.25, 0.3) is 5.57 Å². The van der Waals surface area contributed by atoms with Crippen LogP contribution in [0.4, 0.5) is 0 Å². The van der Waals surface area contributed by atoms with Crippen LogP contribution >= 0.6 is 0 Å². The minimum absolute atomic E-state index is 0.111. The van der Waals surface area contributed by atoms with Crippen molar-refractivity contribution in [2.45, 2.75) is 12.0 Å². The minimum atomic E-state index is -0.554. The SMILES string of the molecule is Oc1ccccc1C1=N/C(=C(/c2ccccc2)c2ccc(C3C=CC=CC3O)[nH]2)C=C1. The maximum Gasteiger partial charge on any atom is 0.124 e. The Morgan fingerprint density at radius 3 is 2.42 bits per heavy atom. The van der Waals surface area contributed by atoms with Gasteiger partial charge in [-0.2, -0.15) is 0 Å². The Morgan fingerprint density at radius 2 is 1.61 bits per heavy atom. The second-order valence-electron chi connectivity index (χ2n) is 7.59. The van der Waals surface area contributed by atoms with Gasteiger partial charge < -0.3 is 15.2 Å². The van der Waals surface area contributed by atoms with Crippen LogP contribution in [0.1, 0.15) is 28.4 Å². The largest absolute Gasteiger partial charge is 0.507 e. The first-order chi connectivity index (χ1) is 15.2. The maximum atomic E-state index is 10.4. The molecule has 2 aliphatic rings. The number of aliphatic hydroxyl groups is 1. The van der Waals surface area contributed by atoms with E-state index in [9.17, 15) is 10.2 Å². The van der Waals surface area contributed by atoms with Crippen molar-refractivity contribution in [2.75, 3.05) is 0 Å². The van der Waals surface area contributed by atoms with E-state index >= 15 is 0 Å². The normalized spacial score (nSPS) is 21.4. The first-order valence-electron chi connectivity index (χ1n) is 10.3. The second-order valence-corrected chi connectivity index (χ2v) is 7.59. The lowest BCUT2D eigenvalue weighted by atomic mass is 9.95. The van der Waals surface area contributed by atoms with Crippen molar-refractivity contribution in [3.05, 3.63) is 131 Å². The second kappa shape index (κ2) is 8.09. The van der Waals surface area contributed by atoms with E-state index in [0.717, 1.165) is 33.9 Å². The van der Waals surface area contributed by atoms with E-state index in [0.29, 0.717) is 5.56 Å². The topological polar surface area (TPSA) is 68.6 Å². The smallest absolute Gasteiger partial charge is 0.124 e. The Hall–Kier alpha value is -3.89. The third kappa shape index (κ3) is 3.69. The van der Waals surface area contributed by atoms with Crippen molar-refractivity contribution in [3.8, 4) is 5.75 Å². The summed E-state index contributed by atoms with van der Waals surface area (Å²) in [6.45, 7) is 0. The molecule has 1 aliphatic heterocycles. The van der Waals surface area contributed by atoms with Crippen LogP contribution in [-0.4, -0.2) is 27.0 Å². The van der Waals surface area contributed by atoms with Crippen LogP contribution < -0.4 is 0 Å². The van der Waals surface area contributed by atoms with Gasteiger partial charge in [0.05, 0.1) is 17.5 Å². The number of hydrogen-bond acceptors (Lipinski definition) is 3. The van der Waals surface area contributed by atoms with Gasteiger partial charge in [0.15, 0.2) is 0 Å². The van der Waals surface area contributed by atoms with Crippen LogP contribution in [0.15, 0.2) is 114 Å². The lowest BCUT2D eigenvalue weighted by Gasteiger charge is -2.18. The van der Waals surface area contributed by atoms with Crippen molar-refractivity contribution in [3.63, 3.8) is 0 Å². The van der Waals surface area contributed by atoms with Gasteiger partial charge in [0.1, 0.15) is 5.75 Å². The molecule has 0 saturated heterocycles. The number of aliphatic hydroxyl groups excluding tert-OH is 1. The molecule has 1 aliphatic carbocycles. The summed E-state index contributed by atoms with van der Waals surface area (Å²) in [5, 5.41) is 20.6. The van der Waals surface area contributed by atoms with Gasteiger partial charge in [0.25, 0.3) is 0 Å². The fourth-order valence-electron chi connectivity index (χ4n) is 4.02. The predicted molar refractivity (Wildman–Crippen MR) is 124 cm³/mol. The number of benzene rings is 2. The molecule has 3 aromatic rings.